The first-order chi connectivity index (χ1) is 11.0. The van der Waals surface area contributed by atoms with Crippen LogP contribution in [0.25, 0.3) is 0 Å². The molecule has 0 heterocycles. The number of rotatable bonds is 8. The summed E-state index contributed by atoms with van der Waals surface area (Å²) in [5, 5.41) is 0. The average Bonchev–Trinajstić information content (AvgIpc) is 2.58. The third-order valence-corrected chi connectivity index (χ3v) is 3.60. The van der Waals surface area contributed by atoms with Crippen LogP contribution < -0.4 is 4.74 Å². The molecule has 1 rings (SSSR count). The number of methoxy groups -OCH3 is 2. The molecule has 4 nitrogen and oxygen atoms in total. The van der Waals surface area contributed by atoms with E-state index >= 15 is 0 Å². The molecule has 1 aromatic carbocycles. The maximum absolute atomic E-state index is 11.2. The zero-order valence-corrected chi connectivity index (χ0v) is 15.6. The third kappa shape index (κ3) is 8.03. The number of para-hydroxylation sites is 1. The number of ether oxygens (including phenoxy) is 2. The van der Waals surface area contributed by atoms with Crippen molar-refractivity contribution in [3.63, 3.8) is 0 Å². The number of carbonyl (C=O) groups is 1. The van der Waals surface area contributed by atoms with Gasteiger partial charge in [-0.05, 0) is 32.5 Å². The van der Waals surface area contributed by atoms with E-state index in [0.29, 0.717) is 6.42 Å². The lowest BCUT2D eigenvalue weighted by atomic mass is 10.1. The summed E-state index contributed by atoms with van der Waals surface area (Å²) in [6.45, 7) is 10.3. The Hall–Kier alpha value is -1.55. The van der Waals surface area contributed by atoms with Gasteiger partial charge in [0.25, 0.3) is 0 Å². The van der Waals surface area contributed by atoms with E-state index in [2.05, 4.69) is 43.4 Å². The third-order valence-electron chi connectivity index (χ3n) is 3.60. The fraction of sp³-hybridized carbons (Fsp3) is 0.632. The van der Waals surface area contributed by atoms with Gasteiger partial charge in [0, 0.05) is 18.0 Å². The van der Waals surface area contributed by atoms with Gasteiger partial charge in [-0.25, -0.2) is 0 Å². The van der Waals surface area contributed by atoms with Crippen molar-refractivity contribution in [2.24, 2.45) is 0 Å². The number of hydrogen-bond acceptors (Lipinski definition) is 4. The molecule has 0 amide bonds. The van der Waals surface area contributed by atoms with Gasteiger partial charge in [0.1, 0.15) is 5.75 Å². The van der Waals surface area contributed by atoms with Crippen LogP contribution >= 0.6 is 0 Å². The molecular weight excluding hydrogens is 290 g/mol. The highest BCUT2D eigenvalue weighted by molar-refractivity contribution is 5.69. The highest BCUT2D eigenvalue weighted by atomic mass is 16.5. The topological polar surface area (TPSA) is 38.8 Å². The molecule has 0 N–H and O–H groups in total. The second-order valence-corrected chi connectivity index (χ2v) is 5.43. The summed E-state index contributed by atoms with van der Waals surface area (Å²) in [6, 6.07) is 8.33. The molecule has 0 saturated carbocycles. The first-order valence-corrected chi connectivity index (χ1v) is 8.49. The maximum atomic E-state index is 11.2. The predicted molar refractivity (Wildman–Crippen MR) is 95.9 cm³/mol. The minimum absolute atomic E-state index is 0.147. The summed E-state index contributed by atoms with van der Waals surface area (Å²) >= 11 is 0. The lowest BCUT2D eigenvalue weighted by Crippen LogP contribution is -2.28. The second kappa shape index (κ2) is 12.9. The Morgan fingerprint density at radius 3 is 2.30 bits per heavy atom. The van der Waals surface area contributed by atoms with Gasteiger partial charge in [-0.2, -0.15) is 0 Å². The molecule has 0 bridgehead atoms. The summed E-state index contributed by atoms with van der Waals surface area (Å²) in [6.07, 6.45) is 2.52. The Balaban J connectivity index is 0.00000149. The number of esters is 1. The fourth-order valence-corrected chi connectivity index (χ4v) is 2.36. The molecule has 0 fully saturated rings. The Morgan fingerprint density at radius 1 is 1.17 bits per heavy atom. The fourth-order valence-electron chi connectivity index (χ4n) is 2.36. The molecule has 0 aliphatic rings. The molecule has 1 atom stereocenters. The van der Waals surface area contributed by atoms with Crippen LogP contribution in [0.5, 0.6) is 5.75 Å². The van der Waals surface area contributed by atoms with E-state index < -0.39 is 0 Å². The van der Waals surface area contributed by atoms with Crippen LogP contribution in [0.2, 0.25) is 0 Å². The van der Waals surface area contributed by atoms with Gasteiger partial charge in [-0.3, -0.25) is 9.69 Å². The van der Waals surface area contributed by atoms with Crippen LogP contribution in [-0.4, -0.2) is 38.2 Å². The van der Waals surface area contributed by atoms with Gasteiger partial charge in [-0.15, -0.1) is 0 Å². The molecular formula is C19H33NO3. The van der Waals surface area contributed by atoms with Crippen LogP contribution in [0.1, 0.15) is 58.6 Å². The zero-order valence-electron chi connectivity index (χ0n) is 15.6. The van der Waals surface area contributed by atoms with Crippen molar-refractivity contribution in [3.05, 3.63) is 29.8 Å². The first-order valence-electron chi connectivity index (χ1n) is 8.49. The number of nitrogens with zero attached hydrogens (tertiary/aromatic N) is 1. The summed E-state index contributed by atoms with van der Waals surface area (Å²) in [5.41, 5.74) is 1.18. The normalized spacial score (nSPS) is 11.4. The Labute approximate surface area is 141 Å². The van der Waals surface area contributed by atoms with Crippen LogP contribution in [-0.2, 0) is 9.53 Å². The number of carbonyl (C=O) groups excluding carboxylic acids is 1. The molecule has 0 spiro atoms. The molecule has 4 heteroatoms. The van der Waals surface area contributed by atoms with E-state index in [9.17, 15) is 4.79 Å². The van der Waals surface area contributed by atoms with Gasteiger partial charge >= 0.3 is 5.97 Å². The quantitative estimate of drug-likeness (QED) is 0.663. The van der Waals surface area contributed by atoms with Crippen LogP contribution in [0.3, 0.4) is 0 Å². The van der Waals surface area contributed by atoms with Gasteiger partial charge < -0.3 is 9.47 Å². The monoisotopic (exact) mass is 323 g/mol. The maximum Gasteiger partial charge on any atom is 0.305 e. The SMILES string of the molecule is CCC.CCN(CCCC(=O)OC)[C@@H](C)c1ccccc1OC. The summed E-state index contributed by atoms with van der Waals surface area (Å²) in [7, 11) is 3.12. The molecule has 132 valence electrons. The Morgan fingerprint density at radius 2 is 1.78 bits per heavy atom. The summed E-state index contributed by atoms with van der Waals surface area (Å²) in [4.78, 5) is 13.5. The van der Waals surface area contributed by atoms with E-state index in [1.165, 1.54) is 19.1 Å². The molecule has 0 aromatic heterocycles. The van der Waals surface area contributed by atoms with E-state index in [0.717, 1.165) is 25.3 Å². The van der Waals surface area contributed by atoms with Crippen molar-refractivity contribution < 1.29 is 14.3 Å². The number of benzene rings is 1. The smallest absolute Gasteiger partial charge is 0.305 e. The van der Waals surface area contributed by atoms with Crippen molar-refractivity contribution >= 4 is 5.97 Å². The first kappa shape index (κ1) is 21.4. The van der Waals surface area contributed by atoms with Crippen LogP contribution in [0.15, 0.2) is 24.3 Å². The molecule has 0 aliphatic heterocycles. The Bertz CT molecular complexity index is 434. The highest BCUT2D eigenvalue weighted by Gasteiger charge is 2.17. The lowest BCUT2D eigenvalue weighted by Gasteiger charge is -2.29. The lowest BCUT2D eigenvalue weighted by molar-refractivity contribution is -0.140. The van der Waals surface area contributed by atoms with Gasteiger partial charge in [0.2, 0.25) is 0 Å². The standard InChI is InChI=1S/C16H25NO3.C3H8/c1-5-17(12-8-11-16(18)20-4)13(2)14-9-6-7-10-15(14)19-3;1-3-2/h6-7,9-10,13H,5,8,11-12H2,1-4H3;3H2,1-2H3/t13-;/m0./s1. The molecule has 1 aromatic rings. The number of hydrogen-bond donors (Lipinski definition) is 0. The van der Waals surface area contributed by atoms with Crippen molar-refractivity contribution in [2.75, 3.05) is 27.3 Å². The molecule has 23 heavy (non-hydrogen) atoms. The van der Waals surface area contributed by atoms with Crippen molar-refractivity contribution in [1.29, 1.82) is 0 Å². The minimum Gasteiger partial charge on any atom is -0.496 e. The van der Waals surface area contributed by atoms with Crippen molar-refractivity contribution in [2.45, 2.75) is 53.0 Å². The molecule has 0 radical (unpaired) electrons. The molecule has 0 saturated heterocycles. The largest absolute Gasteiger partial charge is 0.496 e. The van der Waals surface area contributed by atoms with Crippen LogP contribution in [0.4, 0.5) is 0 Å². The Kier molecular flexibility index (Phi) is 12.1. The van der Waals surface area contributed by atoms with E-state index in [1.807, 2.05) is 18.2 Å². The summed E-state index contributed by atoms with van der Waals surface area (Å²) in [5.74, 6) is 0.761. The van der Waals surface area contributed by atoms with Crippen molar-refractivity contribution in [1.82, 2.24) is 4.90 Å². The zero-order chi connectivity index (χ0) is 17.7. The minimum atomic E-state index is -0.147. The summed E-state index contributed by atoms with van der Waals surface area (Å²) < 4.78 is 10.1. The van der Waals surface area contributed by atoms with Crippen molar-refractivity contribution in [3.8, 4) is 5.75 Å². The van der Waals surface area contributed by atoms with E-state index in [1.54, 1.807) is 7.11 Å². The predicted octanol–water partition coefficient (Wildman–Crippen LogP) is 4.45. The van der Waals surface area contributed by atoms with E-state index in [-0.39, 0.29) is 12.0 Å². The van der Waals surface area contributed by atoms with Gasteiger partial charge in [0.05, 0.1) is 14.2 Å². The van der Waals surface area contributed by atoms with Crippen LogP contribution in [0, 0.1) is 0 Å². The molecule has 0 unspecified atom stereocenters. The average molecular weight is 323 g/mol. The highest BCUT2D eigenvalue weighted by Crippen LogP contribution is 2.28. The van der Waals surface area contributed by atoms with E-state index in [4.69, 9.17) is 4.74 Å². The van der Waals surface area contributed by atoms with Gasteiger partial charge in [0.15, 0.2) is 0 Å². The second-order valence-electron chi connectivity index (χ2n) is 5.43. The van der Waals surface area contributed by atoms with Gasteiger partial charge in [-0.1, -0.05) is 45.4 Å². The molecule has 0 aliphatic carbocycles.